The average Bonchev–Trinajstić information content (AvgIpc) is 2.59. The lowest BCUT2D eigenvalue weighted by atomic mass is 10.0. The van der Waals surface area contributed by atoms with E-state index in [1.54, 1.807) is 24.3 Å². The third-order valence-electron chi connectivity index (χ3n) is 4.06. The third-order valence-corrected chi connectivity index (χ3v) is 5.70. The van der Waals surface area contributed by atoms with Gasteiger partial charge in [0.15, 0.2) is 6.10 Å². The largest absolute Gasteiger partial charge is 0.481 e. The Morgan fingerprint density at radius 2 is 2.00 bits per heavy atom. The number of carbonyl (C=O) groups is 1. The quantitative estimate of drug-likeness (QED) is 0.688. The van der Waals surface area contributed by atoms with Gasteiger partial charge in [-0.1, -0.05) is 37.8 Å². The molecule has 1 saturated carbocycles. The van der Waals surface area contributed by atoms with E-state index in [2.05, 4.69) is 5.32 Å². The maximum Gasteiger partial charge on any atom is 0.261 e. The molecule has 0 heterocycles. The van der Waals surface area contributed by atoms with Crippen molar-refractivity contribution in [3.05, 3.63) is 29.3 Å². The maximum absolute atomic E-state index is 12.2. The number of thioether (sulfide) groups is 1. The van der Waals surface area contributed by atoms with E-state index in [0.29, 0.717) is 23.7 Å². The fourth-order valence-electron chi connectivity index (χ4n) is 2.75. The number of rotatable bonds is 8. The molecule has 1 aromatic carbocycles. The van der Waals surface area contributed by atoms with Crippen molar-refractivity contribution >= 4 is 29.3 Å². The van der Waals surface area contributed by atoms with Crippen LogP contribution in [0.3, 0.4) is 0 Å². The molecule has 0 aliphatic heterocycles. The predicted octanol–water partition coefficient (Wildman–Crippen LogP) is 4.68. The molecule has 0 radical (unpaired) electrons. The van der Waals surface area contributed by atoms with E-state index in [9.17, 15) is 4.79 Å². The zero-order valence-electron chi connectivity index (χ0n) is 13.7. The number of amides is 1. The topological polar surface area (TPSA) is 38.3 Å². The summed E-state index contributed by atoms with van der Waals surface area (Å²) in [7, 11) is 0. The van der Waals surface area contributed by atoms with Gasteiger partial charge in [-0.25, -0.2) is 0 Å². The van der Waals surface area contributed by atoms with Gasteiger partial charge in [-0.3, -0.25) is 4.79 Å². The van der Waals surface area contributed by atoms with Gasteiger partial charge in [0.1, 0.15) is 5.75 Å². The second kappa shape index (κ2) is 10.1. The van der Waals surface area contributed by atoms with Crippen molar-refractivity contribution in [2.24, 2.45) is 0 Å². The van der Waals surface area contributed by atoms with Gasteiger partial charge >= 0.3 is 0 Å². The van der Waals surface area contributed by atoms with Crippen molar-refractivity contribution in [2.75, 3.05) is 12.3 Å². The van der Waals surface area contributed by atoms with Gasteiger partial charge < -0.3 is 10.1 Å². The SMILES string of the molecule is CC[C@@H](Oc1ccc(Cl)cc1)C(=O)NCCSC1CCCCC1. The Labute approximate surface area is 148 Å². The molecule has 0 bridgehead atoms. The van der Waals surface area contributed by atoms with Crippen molar-refractivity contribution in [2.45, 2.75) is 56.8 Å². The third kappa shape index (κ3) is 6.64. The molecule has 1 fully saturated rings. The van der Waals surface area contributed by atoms with Gasteiger partial charge in [0, 0.05) is 22.6 Å². The molecule has 1 aliphatic carbocycles. The summed E-state index contributed by atoms with van der Waals surface area (Å²) < 4.78 is 5.75. The van der Waals surface area contributed by atoms with Crippen molar-refractivity contribution in [3.63, 3.8) is 0 Å². The summed E-state index contributed by atoms with van der Waals surface area (Å²) in [5.74, 6) is 1.62. The second-order valence-corrected chi connectivity index (χ2v) is 7.74. The van der Waals surface area contributed by atoms with Gasteiger partial charge in [0.2, 0.25) is 0 Å². The lowest BCUT2D eigenvalue weighted by Gasteiger charge is -2.21. The summed E-state index contributed by atoms with van der Waals surface area (Å²) in [5, 5.41) is 4.44. The fraction of sp³-hybridized carbons (Fsp3) is 0.611. The molecular formula is C18H26ClNO2S. The molecule has 1 aromatic rings. The van der Waals surface area contributed by atoms with Crippen LogP contribution >= 0.6 is 23.4 Å². The zero-order valence-corrected chi connectivity index (χ0v) is 15.3. The molecule has 128 valence electrons. The minimum absolute atomic E-state index is 0.0355. The number of benzene rings is 1. The van der Waals surface area contributed by atoms with Crippen molar-refractivity contribution < 1.29 is 9.53 Å². The summed E-state index contributed by atoms with van der Waals surface area (Å²) in [6, 6.07) is 7.11. The molecule has 3 nitrogen and oxygen atoms in total. The number of hydrogen-bond acceptors (Lipinski definition) is 3. The molecule has 1 N–H and O–H groups in total. The highest BCUT2D eigenvalue weighted by Crippen LogP contribution is 2.27. The second-order valence-electron chi connectivity index (χ2n) is 5.89. The molecule has 0 saturated heterocycles. The highest BCUT2D eigenvalue weighted by Gasteiger charge is 2.18. The van der Waals surface area contributed by atoms with E-state index >= 15 is 0 Å². The molecule has 5 heteroatoms. The van der Waals surface area contributed by atoms with Crippen LogP contribution in [0.15, 0.2) is 24.3 Å². The van der Waals surface area contributed by atoms with Crippen LogP contribution in [0.25, 0.3) is 0 Å². The Morgan fingerprint density at radius 3 is 2.65 bits per heavy atom. The first-order chi connectivity index (χ1) is 11.2. The first-order valence-corrected chi connectivity index (χ1v) is 9.93. The van der Waals surface area contributed by atoms with Gasteiger partial charge in [0.25, 0.3) is 5.91 Å². The van der Waals surface area contributed by atoms with E-state index in [0.717, 1.165) is 11.0 Å². The number of carbonyl (C=O) groups excluding carboxylic acids is 1. The number of nitrogens with one attached hydrogen (secondary N) is 1. The summed E-state index contributed by atoms with van der Waals surface area (Å²) >= 11 is 7.85. The van der Waals surface area contributed by atoms with Gasteiger partial charge in [-0.15, -0.1) is 0 Å². The molecule has 1 atom stereocenters. The first-order valence-electron chi connectivity index (χ1n) is 8.50. The maximum atomic E-state index is 12.2. The summed E-state index contributed by atoms with van der Waals surface area (Å²) in [4.78, 5) is 12.2. The summed E-state index contributed by atoms with van der Waals surface area (Å²) in [6.45, 7) is 2.66. The van der Waals surface area contributed by atoms with Crippen molar-refractivity contribution in [3.8, 4) is 5.75 Å². The van der Waals surface area contributed by atoms with Gasteiger partial charge in [-0.05, 0) is 43.5 Å². The smallest absolute Gasteiger partial charge is 0.261 e. The van der Waals surface area contributed by atoms with Gasteiger partial charge in [-0.2, -0.15) is 11.8 Å². The van der Waals surface area contributed by atoms with Crippen molar-refractivity contribution in [1.82, 2.24) is 5.32 Å². The molecule has 0 unspecified atom stereocenters. The van der Waals surface area contributed by atoms with E-state index < -0.39 is 6.10 Å². The Balaban J connectivity index is 1.68. The average molecular weight is 356 g/mol. The Hall–Kier alpha value is -0.870. The van der Waals surface area contributed by atoms with E-state index in [4.69, 9.17) is 16.3 Å². The van der Waals surface area contributed by atoms with Crippen LogP contribution in [0.2, 0.25) is 5.02 Å². The number of ether oxygens (including phenoxy) is 1. The predicted molar refractivity (Wildman–Crippen MR) is 98.5 cm³/mol. The number of halogens is 1. The molecule has 1 amide bonds. The van der Waals surface area contributed by atoms with Crippen molar-refractivity contribution in [1.29, 1.82) is 0 Å². The lowest BCUT2D eigenvalue weighted by molar-refractivity contribution is -0.127. The van der Waals surface area contributed by atoms with Gasteiger partial charge in [0.05, 0.1) is 0 Å². The van der Waals surface area contributed by atoms with E-state index in [-0.39, 0.29) is 5.91 Å². The Morgan fingerprint density at radius 1 is 1.30 bits per heavy atom. The molecular weight excluding hydrogens is 330 g/mol. The molecule has 0 aromatic heterocycles. The summed E-state index contributed by atoms with van der Waals surface area (Å²) in [6.07, 6.45) is 6.95. The number of hydrogen-bond donors (Lipinski definition) is 1. The monoisotopic (exact) mass is 355 g/mol. The van der Waals surface area contributed by atoms with Crippen LogP contribution in [0.4, 0.5) is 0 Å². The standard InChI is InChI=1S/C18H26ClNO2S/c1-2-17(22-15-10-8-14(19)9-11-15)18(21)20-12-13-23-16-6-4-3-5-7-16/h8-11,16-17H,2-7,12-13H2,1H3,(H,20,21)/t17-/m1/s1. The first kappa shape index (κ1) is 18.5. The fourth-order valence-corrected chi connectivity index (χ4v) is 4.09. The lowest BCUT2D eigenvalue weighted by Crippen LogP contribution is -2.39. The van der Waals surface area contributed by atoms with Crippen LogP contribution in [0, 0.1) is 0 Å². The van der Waals surface area contributed by atoms with E-state index in [1.165, 1.54) is 32.1 Å². The normalized spacial score (nSPS) is 16.8. The Bertz CT molecular complexity index is 474. The minimum atomic E-state index is -0.448. The molecule has 23 heavy (non-hydrogen) atoms. The highest BCUT2D eigenvalue weighted by molar-refractivity contribution is 7.99. The van der Waals surface area contributed by atoms with Crippen LogP contribution < -0.4 is 10.1 Å². The van der Waals surface area contributed by atoms with Crippen LogP contribution in [-0.2, 0) is 4.79 Å². The van der Waals surface area contributed by atoms with Crippen LogP contribution in [0.1, 0.15) is 45.4 Å². The summed E-state index contributed by atoms with van der Waals surface area (Å²) in [5.41, 5.74) is 0. The zero-order chi connectivity index (χ0) is 16.5. The van der Waals surface area contributed by atoms with Crippen LogP contribution in [-0.4, -0.2) is 29.6 Å². The molecule has 2 rings (SSSR count). The van der Waals surface area contributed by atoms with Crippen LogP contribution in [0.5, 0.6) is 5.75 Å². The minimum Gasteiger partial charge on any atom is -0.481 e. The molecule has 1 aliphatic rings. The molecule has 0 spiro atoms. The van der Waals surface area contributed by atoms with E-state index in [1.807, 2.05) is 18.7 Å². The Kier molecular flexibility index (Phi) is 8.10. The highest BCUT2D eigenvalue weighted by atomic mass is 35.5.